The standard InChI is InChI=1S/C10H20O2/c1-6-12-10(11)9(7(2)3)8(4)5/h7-9H,6H2,1-5H3. The summed E-state index contributed by atoms with van der Waals surface area (Å²) in [5, 5.41) is 0. The molecule has 0 unspecified atom stereocenters. The third-order valence-electron chi connectivity index (χ3n) is 2.00. The first kappa shape index (κ1) is 11.5. The van der Waals surface area contributed by atoms with Gasteiger partial charge in [-0.1, -0.05) is 27.7 Å². The highest BCUT2D eigenvalue weighted by atomic mass is 16.5. The maximum atomic E-state index is 11.4. The largest absolute Gasteiger partial charge is 0.466 e. The van der Waals surface area contributed by atoms with Gasteiger partial charge in [-0.25, -0.2) is 0 Å². The molecular weight excluding hydrogens is 152 g/mol. The van der Waals surface area contributed by atoms with Crippen LogP contribution >= 0.6 is 0 Å². The maximum Gasteiger partial charge on any atom is 0.309 e. The lowest BCUT2D eigenvalue weighted by atomic mass is 9.86. The predicted molar refractivity (Wildman–Crippen MR) is 49.8 cm³/mol. The van der Waals surface area contributed by atoms with Gasteiger partial charge in [-0.3, -0.25) is 4.79 Å². The molecule has 0 spiro atoms. The van der Waals surface area contributed by atoms with Crippen molar-refractivity contribution in [2.75, 3.05) is 6.61 Å². The molecule has 0 aliphatic rings. The van der Waals surface area contributed by atoms with Gasteiger partial charge in [0.05, 0.1) is 12.5 Å². The molecule has 0 aliphatic heterocycles. The first-order valence-corrected chi connectivity index (χ1v) is 4.67. The van der Waals surface area contributed by atoms with Crippen molar-refractivity contribution in [1.82, 2.24) is 0 Å². The van der Waals surface area contributed by atoms with Crippen LogP contribution in [0.4, 0.5) is 0 Å². The van der Waals surface area contributed by atoms with Gasteiger partial charge in [0.15, 0.2) is 0 Å². The van der Waals surface area contributed by atoms with Crippen LogP contribution in [-0.4, -0.2) is 12.6 Å². The molecule has 0 atom stereocenters. The monoisotopic (exact) mass is 172 g/mol. The highest BCUT2D eigenvalue weighted by Crippen LogP contribution is 2.21. The molecule has 0 bridgehead atoms. The molecule has 72 valence electrons. The number of carbonyl (C=O) groups is 1. The Morgan fingerprint density at radius 2 is 1.58 bits per heavy atom. The van der Waals surface area contributed by atoms with Crippen molar-refractivity contribution in [3.63, 3.8) is 0 Å². The summed E-state index contributed by atoms with van der Waals surface area (Å²) < 4.78 is 4.99. The fourth-order valence-electron chi connectivity index (χ4n) is 1.55. The lowest BCUT2D eigenvalue weighted by Crippen LogP contribution is -2.27. The molecule has 2 nitrogen and oxygen atoms in total. The molecule has 0 aromatic heterocycles. The second-order valence-electron chi connectivity index (χ2n) is 3.77. The molecule has 12 heavy (non-hydrogen) atoms. The number of ether oxygens (including phenoxy) is 1. The summed E-state index contributed by atoms with van der Waals surface area (Å²) in [5.41, 5.74) is 0. The summed E-state index contributed by atoms with van der Waals surface area (Å²) in [5.74, 6) is 0.723. The Labute approximate surface area is 75.3 Å². The fourth-order valence-corrected chi connectivity index (χ4v) is 1.55. The minimum Gasteiger partial charge on any atom is -0.466 e. The average molecular weight is 172 g/mol. The summed E-state index contributed by atoms with van der Waals surface area (Å²) in [6.07, 6.45) is 0. The summed E-state index contributed by atoms with van der Waals surface area (Å²) in [7, 11) is 0. The van der Waals surface area contributed by atoms with Crippen molar-refractivity contribution >= 4 is 5.97 Å². The van der Waals surface area contributed by atoms with Gasteiger partial charge in [-0.2, -0.15) is 0 Å². The Morgan fingerprint density at radius 3 is 1.83 bits per heavy atom. The fraction of sp³-hybridized carbons (Fsp3) is 0.900. The van der Waals surface area contributed by atoms with Crippen molar-refractivity contribution < 1.29 is 9.53 Å². The molecule has 0 amide bonds. The van der Waals surface area contributed by atoms with E-state index in [1.807, 2.05) is 6.92 Å². The van der Waals surface area contributed by atoms with Gasteiger partial charge in [0, 0.05) is 0 Å². The minimum atomic E-state index is -0.0532. The quantitative estimate of drug-likeness (QED) is 0.609. The topological polar surface area (TPSA) is 26.3 Å². The van der Waals surface area contributed by atoms with Crippen LogP contribution in [-0.2, 0) is 9.53 Å². The highest BCUT2D eigenvalue weighted by molar-refractivity contribution is 5.72. The van der Waals surface area contributed by atoms with Gasteiger partial charge in [-0.05, 0) is 18.8 Å². The first-order valence-electron chi connectivity index (χ1n) is 4.67. The molecule has 0 aromatic carbocycles. The van der Waals surface area contributed by atoms with Crippen LogP contribution in [0.3, 0.4) is 0 Å². The van der Waals surface area contributed by atoms with Crippen molar-refractivity contribution in [3.05, 3.63) is 0 Å². The van der Waals surface area contributed by atoms with Crippen LogP contribution < -0.4 is 0 Å². The van der Waals surface area contributed by atoms with Gasteiger partial charge >= 0.3 is 5.97 Å². The van der Waals surface area contributed by atoms with Crippen LogP contribution in [0.5, 0.6) is 0 Å². The van der Waals surface area contributed by atoms with E-state index >= 15 is 0 Å². The molecule has 0 aliphatic carbocycles. The number of esters is 1. The molecule has 0 N–H and O–H groups in total. The van der Waals surface area contributed by atoms with E-state index in [1.165, 1.54) is 0 Å². The van der Waals surface area contributed by atoms with E-state index in [4.69, 9.17) is 4.74 Å². The van der Waals surface area contributed by atoms with Crippen LogP contribution in [0, 0.1) is 17.8 Å². The SMILES string of the molecule is CCOC(=O)C(C(C)C)C(C)C. The Bertz CT molecular complexity index is 131. The second kappa shape index (κ2) is 5.18. The van der Waals surface area contributed by atoms with Crippen molar-refractivity contribution in [3.8, 4) is 0 Å². The highest BCUT2D eigenvalue weighted by Gasteiger charge is 2.26. The molecule has 0 saturated carbocycles. The van der Waals surface area contributed by atoms with E-state index in [0.29, 0.717) is 18.4 Å². The summed E-state index contributed by atoms with van der Waals surface area (Å²) >= 11 is 0. The van der Waals surface area contributed by atoms with Crippen LogP contribution in [0.1, 0.15) is 34.6 Å². The second-order valence-corrected chi connectivity index (χ2v) is 3.77. The number of rotatable bonds is 4. The van der Waals surface area contributed by atoms with E-state index < -0.39 is 0 Å². The summed E-state index contributed by atoms with van der Waals surface area (Å²) in [6.45, 7) is 10.6. The van der Waals surface area contributed by atoms with Crippen molar-refractivity contribution in [2.24, 2.45) is 17.8 Å². The minimum absolute atomic E-state index is 0.0462. The van der Waals surface area contributed by atoms with E-state index in [0.717, 1.165) is 0 Å². The van der Waals surface area contributed by atoms with Gasteiger partial charge in [-0.15, -0.1) is 0 Å². The third kappa shape index (κ3) is 3.24. The van der Waals surface area contributed by atoms with Crippen molar-refractivity contribution in [1.29, 1.82) is 0 Å². The lowest BCUT2D eigenvalue weighted by molar-refractivity contribution is -0.151. The molecule has 0 heterocycles. The Balaban J connectivity index is 4.20. The van der Waals surface area contributed by atoms with Crippen LogP contribution in [0.25, 0.3) is 0 Å². The molecule has 0 fully saturated rings. The van der Waals surface area contributed by atoms with Gasteiger partial charge in [0.1, 0.15) is 0 Å². The van der Waals surface area contributed by atoms with Gasteiger partial charge < -0.3 is 4.74 Å². The van der Waals surface area contributed by atoms with Crippen molar-refractivity contribution in [2.45, 2.75) is 34.6 Å². The normalized spacial score (nSPS) is 11.3. The smallest absolute Gasteiger partial charge is 0.309 e. The Kier molecular flexibility index (Phi) is 4.95. The molecule has 0 rings (SSSR count). The number of hydrogen-bond donors (Lipinski definition) is 0. The molecular formula is C10H20O2. The first-order chi connectivity index (χ1) is 5.50. The zero-order valence-electron chi connectivity index (χ0n) is 8.76. The lowest BCUT2D eigenvalue weighted by Gasteiger charge is -2.22. The van der Waals surface area contributed by atoms with Crippen LogP contribution in [0.2, 0.25) is 0 Å². The summed E-state index contributed by atoms with van der Waals surface area (Å²) in [6, 6.07) is 0. The zero-order valence-corrected chi connectivity index (χ0v) is 8.76. The summed E-state index contributed by atoms with van der Waals surface area (Å²) in [4.78, 5) is 11.4. The van der Waals surface area contributed by atoms with E-state index in [-0.39, 0.29) is 11.9 Å². The number of carbonyl (C=O) groups excluding carboxylic acids is 1. The number of hydrogen-bond acceptors (Lipinski definition) is 2. The molecule has 2 heteroatoms. The molecule has 0 aromatic rings. The molecule has 0 saturated heterocycles. The Morgan fingerprint density at radius 1 is 1.17 bits per heavy atom. The van der Waals surface area contributed by atoms with E-state index in [2.05, 4.69) is 27.7 Å². The van der Waals surface area contributed by atoms with E-state index in [9.17, 15) is 4.79 Å². The van der Waals surface area contributed by atoms with E-state index in [1.54, 1.807) is 0 Å². The predicted octanol–water partition coefficient (Wildman–Crippen LogP) is 2.48. The zero-order chi connectivity index (χ0) is 9.72. The Hall–Kier alpha value is -0.530. The maximum absolute atomic E-state index is 11.4. The third-order valence-corrected chi connectivity index (χ3v) is 2.00. The van der Waals surface area contributed by atoms with Crippen LogP contribution in [0.15, 0.2) is 0 Å². The van der Waals surface area contributed by atoms with Gasteiger partial charge in [0.2, 0.25) is 0 Å². The molecule has 0 radical (unpaired) electrons. The van der Waals surface area contributed by atoms with Gasteiger partial charge in [0.25, 0.3) is 0 Å². The average Bonchev–Trinajstić information content (AvgIpc) is 1.85.